The molecule has 1 aliphatic rings. The van der Waals surface area contributed by atoms with E-state index >= 15 is 0 Å². The van der Waals surface area contributed by atoms with Crippen LogP contribution in [0.1, 0.15) is 6.42 Å². The molecule has 1 aliphatic heterocycles. The molecule has 0 bridgehead atoms. The van der Waals surface area contributed by atoms with Crippen LogP contribution in [0.25, 0.3) is 0 Å². The standard InChI is InChI=1S/C10H14N4O5S/c11-12-7-1-2-9(14(15)16)10(5-7)20(17,18)13-8-3-4-19-6-8/h1-2,5,8,12-13H,3-4,6,11H2. The molecule has 10 heteroatoms. The molecule has 1 heterocycles. The Bertz CT molecular complexity index is 612. The van der Waals surface area contributed by atoms with Crippen LogP contribution in [0.4, 0.5) is 11.4 Å². The van der Waals surface area contributed by atoms with Crippen LogP contribution in [-0.4, -0.2) is 32.6 Å². The van der Waals surface area contributed by atoms with E-state index in [1.165, 1.54) is 6.07 Å². The predicted octanol–water partition coefficient (Wildman–Crippen LogP) is -0.0524. The summed E-state index contributed by atoms with van der Waals surface area (Å²) in [6, 6.07) is 3.16. The van der Waals surface area contributed by atoms with Crippen molar-refractivity contribution in [2.24, 2.45) is 5.84 Å². The molecule has 0 amide bonds. The highest BCUT2D eigenvalue weighted by Crippen LogP contribution is 2.27. The first-order valence-corrected chi connectivity index (χ1v) is 7.27. The van der Waals surface area contributed by atoms with Crippen molar-refractivity contribution in [2.45, 2.75) is 17.4 Å². The molecule has 110 valence electrons. The first kappa shape index (κ1) is 14.7. The fourth-order valence-electron chi connectivity index (χ4n) is 1.88. The fraction of sp³-hybridized carbons (Fsp3) is 0.400. The number of nitro benzene ring substituents is 1. The third kappa shape index (κ3) is 3.04. The van der Waals surface area contributed by atoms with Gasteiger partial charge in [-0.3, -0.25) is 16.0 Å². The lowest BCUT2D eigenvalue weighted by Crippen LogP contribution is -2.35. The van der Waals surface area contributed by atoms with Crippen LogP contribution in [-0.2, 0) is 14.8 Å². The van der Waals surface area contributed by atoms with Crippen molar-refractivity contribution in [2.75, 3.05) is 18.6 Å². The molecule has 0 radical (unpaired) electrons. The highest BCUT2D eigenvalue weighted by Gasteiger charge is 2.29. The van der Waals surface area contributed by atoms with Crippen molar-refractivity contribution < 1.29 is 18.1 Å². The van der Waals surface area contributed by atoms with Crippen LogP contribution in [0.2, 0.25) is 0 Å². The Morgan fingerprint density at radius 3 is 2.75 bits per heavy atom. The van der Waals surface area contributed by atoms with Crippen molar-refractivity contribution in [3.05, 3.63) is 28.3 Å². The quantitative estimate of drug-likeness (QED) is 0.394. The smallest absolute Gasteiger partial charge is 0.289 e. The molecule has 1 unspecified atom stereocenters. The molecule has 1 aromatic rings. The normalized spacial score (nSPS) is 18.9. The van der Waals surface area contributed by atoms with Gasteiger partial charge in [-0.1, -0.05) is 0 Å². The van der Waals surface area contributed by atoms with Crippen molar-refractivity contribution in [1.82, 2.24) is 4.72 Å². The Labute approximate surface area is 115 Å². The molecule has 9 nitrogen and oxygen atoms in total. The number of anilines is 1. The SMILES string of the molecule is NNc1ccc([N+](=O)[O-])c(S(=O)(=O)NC2CCOC2)c1. The number of nitro groups is 1. The first-order valence-electron chi connectivity index (χ1n) is 5.79. The van der Waals surface area contributed by atoms with Gasteiger partial charge in [0.15, 0.2) is 4.90 Å². The summed E-state index contributed by atoms with van der Waals surface area (Å²) in [6.07, 6.45) is 0.530. The van der Waals surface area contributed by atoms with Crippen molar-refractivity contribution >= 4 is 21.4 Å². The van der Waals surface area contributed by atoms with Gasteiger partial charge in [-0.15, -0.1) is 0 Å². The monoisotopic (exact) mass is 302 g/mol. The summed E-state index contributed by atoms with van der Waals surface area (Å²) in [5, 5.41) is 10.9. The number of nitrogens with one attached hydrogen (secondary N) is 2. The van der Waals surface area contributed by atoms with Gasteiger partial charge < -0.3 is 10.2 Å². The highest BCUT2D eigenvalue weighted by molar-refractivity contribution is 7.89. The van der Waals surface area contributed by atoms with Gasteiger partial charge in [-0.2, -0.15) is 0 Å². The Morgan fingerprint density at radius 1 is 1.45 bits per heavy atom. The van der Waals surface area contributed by atoms with Gasteiger partial charge in [-0.25, -0.2) is 13.1 Å². The molecule has 0 saturated carbocycles. The zero-order valence-electron chi connectivity index (χ0n) is 10.4. The number of benzene rings is 1. The number of nitrogens with zero attached hydrogens (tertiary/aromatic N) is 1. The highest BCUT2D eigenvalue weighted by atomic mass is 32.2. The van der Waals surface area contributed by atoms with Gasteiger partial charge in [0, 0.05) is 18.7 Å². The average molecular weight is 302 g/mol. The summed E-state index contributed by atoms with van der Waals surface area (Å²) in [5.74, 6) is 5.20. The number of nitrogens with two attached hydrogens (primary N) is 1. The summed E-state index contributed by atoms with van der Waals surface area (Å²) in [4.78, 5) is 9.77. The first-order chi connectivity index (χ1) is 9.44. The van der Waals surface area contributed by atoms with E-state index in [9.17, 15) is 18.5 Å². The van der Waals surface area contributed by atoms with Gasteiger partial charge in [0.05, 0.1) is 17.2 Å². The van der Waals surface area contributed by atoms with E-state index in [1.807, 2.05) is 0 Å². The van der Waals surface area contributed by atoms with E-state index in [4.69, 9.17) is 10.6 Å². The summed E-state index contributed by atoms with van der Waals surface area (Å²) >= 11 is 0. The Balaban J connectivity index is 2.39. The minimum atomic E-state index is -4.02. The maximum Gasteiger partial charge on any atom is 0.289 e. The van der Waals surface area contributed by atoms with Gasteiger partial charge >= 0.3 is 0 Å². The molecule has 4 N–H and O–H groups in total. The average Bonchev–Trinajstić information content (AvgIpc) is 2.90. The minimum absolute atomic E-state index is 0.252. The van der Waals surface area contributed by atoms with E-state index < -0.39 is 25.5 Å². The second kappa shape index (κ2) is 5.71. The van der Waals surface area contributed by atoms with Gasteiger partial charge in [0.1, 0.15) is 0 Å². The van der Waals surface area contributed by atoms with Gasteiger partial charge in [0.2, 0.25) is 10.0 Å². The molecular weight excluding hydrogens is 288 g/mol. The molecule has 0 aliphatic carbocycles. The van der Waals surface area contributed by atoms with Crippen molar-refractivity contribution in [1.29, 1.82) is 0 Å². The fourth-order valence-corrected chi connectivity index (χ4v) is 3.33. The molecule has 2 rings (SSSR count). The lowest BCUT2D eigenvalue weighted by Gasteiger charge is -2.12. The number of ether oxygens (including phenoxy) is 1. The van der Waals surface area contributed by atoms with Crippen LogP contribution in [0.3, 0.4) is 0 Å². The summed E-state index contributed by atoms with van der Waals surface area (Å²) < 4.78 is 31.9. The van der Waals surface area contributed by atoms with Crippen molar-refractivity contribution in [3.8, 4) is 0 Å². The van der Waals surface area contributed by atoms with E-state index in [2.05, 4.69) is 10.1 Å². The minimum Gasteiger partial charge on any atom is -0.380 e. The molecule has 0 aromatic heterocycles. The zero-order valence-corrected chi connectivity index (χ0v) is 11.2. The van der Waals surface area contributed by atoms with Crippen LogP contribution < -0.4 is 16.0 Å². The van der Waals surface area contributed by atoms with E-state index in [0.717, 1.165) is 12.1 Å². The molecule has 20 heavy (non-hydrogen) atoms. The zero-order chi connectivity index (χ0) is 14.8. The molecule has 1 saturated heterocycles. The lowest BCUT2D eigenvalue weighted by molar-refractivity contribution is -0.387. The number of hydrogen-bond acceptors (Lipinski definition) is 7. The van der Waals surface area contributed by atoms with E-state index in [1.54, 1.807) is 0 Å². The maximum absolute atomic E-state index is 12.2. The summed E-state index contributed by atoms with van der Waals surface area (Å²) in [5.41, 5.74) is 2.02. The number of sulfonamides is 1. The number of rotatable bonds is 5. The summed E-state index contributed by atoms with van der Waals surface area (Å²) in [6.45, 7) is 0.710. The van der Waals surface area contributed by atoms with Crippen LogP contribution in [0, 0.1) is 10.1 Å². The molecule has 0 spiro atoms. The van der Waals surface area contributed by atoms with E-state index in [-0.39, 0.29) is 18.3 Å². The second-order valence-electron chi connectivity index (χ2n) is 4.27. The Kier molecular flexibility index (Phi) is 4.18. The Morgan fingerprint density at radius 2 is 2.20 bits per heavy atom. The van der Waals surface area contributed by atoms with Gasteiger partial charge in [0.25, 0.3) is 5.69 Å². The predicted molar refractivity (Wildman–Crippen MR) is 70.5 cm³/mol. The third-order valence-corrected chi connectivity index (χ3v) is 4.41. The molecular formula is C10H14N4O5S. The van der Waals surface area contributed by atoms with Crippen LogP contribution in [0.15, 0.2) is 23.1 Å². The topological polar surface area (TPSA) is 137 Å². The van der Waals surface area contributed by atoms with Crippen molar-refractivity contribution in [3.63, 3.8) is 0 Å². The van der Waals surface area contributed by atoms with E-state index in [0.29, 0.717) is 13.0 Å². The largest absolute Gasteiger partial charge is 0.380 e. The van der Waals surface area contributed by atoms with Crippen LogP contribution in [0.5, 0.6) is 0 Å². The summed E-state index contributed by atoms with van der Waals surface area (Å²) in [7, 11) is -4.02. The van der Waals surface area contributed by atoms with Gasteiger partial charge in [-0.05, 0) is 18.6 Å². The van der Waals surface area contributed by atoms with Crippen LogP contribution >= 0.6 is 0 Å². The number of hydrazine groups is 1. The Hall–Kier alpha value is -1.75. The molecule has 1 aromatic carbocycles. The lowest BCUT2D eigenvalue weighted by atomic mass is 10.3. The molecule has 1 fully saturated rings. The number of hydrogen-bond donors (Lipinski definition) is 3. The number of nitrogen functional groups attached to an aromatic ring is 1. The maximum atomic E-state index is 12.2. The second-order valence-corrected chi connectivity index (χ2v) is 5.95. The third-order valence-electron chi connectivity index (χ3n) is 2.86. The molecule has 1 atom stereocenters.